The number of rotatable bonds is 10. The van der Waals surface area contributed by atoms with Crippen LogP contribution in [0.3, 0.4) is 0 Å². The maximum Gasteiger partial charge on any atom is 0.256 e. The molecule has 4 heteroatoms. The fourth-order valence-electron chi connectivity index (χ4n) is 3.04. The van der Waals surface area contributed by atoms with E-state index in [1.165, 1.54) is 0 Å². The van der Waals surface area contributed by atoms with Gasteiger partial charge in [-0.3, -0.25) is 4.79 Å². The van der Waals surface area contributed by atoms with Gasteiger partial charge in [0.15, 0.2) is 0 Å². The fourth-order valence-corrected chi connectivity index (χ4v) is 3.04. The van der Waals surface area contributed by atoms with Crippen molar-refractivity contribution in [3.8, 4) is 5.75 Å². The van der Waals surface area contributed by atoms with Crippen LogP contribution >= 0.6 is 0 Å². The highest BCUT2D eigenvalue weighted by atomic mass is 16.5. The summed E-state index contributed by atoms with van der Waals surface area (Å²) in [7, 11) is 0. The van der Waals surface area contributed by atoms with Crippen LogP contribution in [0, 0.1) is 19.8 Å². The number of hydrogen-bond acceptors (Lipinski definition) is 3. The smallest absolute Gasteiger partial charge is 0.256 e. The first kappa shape index (κ1) is 21.5. The molecule has 0 aliphatic carbocycles. The minimum Gasteiger partial charge on any atom is -0.493 e. The molecule has 0 saturated carbocycles. The van der Waals surface area contributed by atoms with Gasteiger partial charge in [-0.25, -0.2) is 0 Å². The first-order valence-corrected chi connectivity index (χ1v) is 9.43. The van der Waals surface area contributed by atoms with E-state index in [1.807, 2.05) is 32.9 Å². The lowest BCUT2D eigenvalue weighted by Gasteiger charge is -2.30. The molecule has 1 aromatic rings. The molecule has 1 aromatic carbocycles. The van der Waals surface area contributed by atoms with Gasteiger partial charge in [-0.15, -0.1) is 0 Å². The Kier molecular flexibility index (Phi) is 8.43. The molecule has 1 amide bonds. The van der Waals surface area contributed by atoms with Crippen molar-refractivity contribution in [2.45, 2.75) is 73.3 Å². The van der Waals surface area contributed by atoms with Crippen LogP contribution in [0.2, 0.25) is 0 Å². The monoisotopic (exact) mass is 349 g/mol. The molecule has 1 N–H and O–H groups in total. The van der Waals surface area contributed by atoms with Crippen LogP contribution in [0.5, 0.6) is 5.75 Å². The molecule has 1 atom stereocenters. The SMILES string of the molecule is CCCOc1c(C)cc(NC(=O)[C@@](C)(CC(C)C)OCCC)cc1C. The minimum absolute atomic E-state index is 0.0873. The molecule has 0 aromatic heterocycles. The number of amides is 1. The highest BCUT2D eigenvalue weighted by Crippen LogP contribution is 2.29. The molecule has 0 aliphatic heterocycles. The topological polar surface area (TPSA) is 47.6 Å². The number of nitrogens with one attached hydrogen (secondary N) is 1. The Hall–Kier alpha value is -1.55. The first-order chi connectivity index (χ1) is 11.7. The molecule has 142 valence electrons. The lowest BCUT2D eigenvalue weighted by molar-refractivity contribution is -0.141. The summed E-state index contributed by atoms with van der Waals surface area (Å²) in [5, 5.41) is 3.04. The summed E-state index contributed by atoms with van der Waals surface area (Å²) in [4.78, 5) is 12.9. The van der Waals surface area contributed by atoms with E-state index in [2.05, 4.69) is 33.0 Å². The van der Waals surface area contributed by atoms with E-state index in [9.17, 15) is 4.79 Å². The maximum atomic E-state index is 12.9. The molecule has 0 aliphatic rings. The second-order valence-corrected chi connectivity index (χ2v) is 7.42. The zero-order chi connectivity index (χ0) is 19.0. The molecule has 0 saturated heterocycles. The molecule has 0 spiro atoms. The summed E-state index contributed by atoms with van der Waals surface area (Å²) >= 11 is 0. The van der Waals surface area contributed by atoms with Gasteiger partial charge in [-0.05, 0) is 69.2 Å². The van der Waals surface area contributed by atoms with Crippen LogP contribution < -0.4 is 10.1 Å². The lowest BCUT2D eigenvalue weighted by atomic mass is 9.92. The number of carbonyl (C=O) groups is 1. The van der Waals surface area contributed by atoms with Crippen molar-refractivity contribution >= 4 is 11.6 Å². The number of carbonyl (C=O) groups excluding carboxylic acids is 1. The van der Waals surface area contributed by atoms with Crippen molar-refractivity contribution < 1.29 is 14.3 Å². The molecule has 0 bridgehead atoms. The molecule has 0 unspecified atom stereocenters. The standard InChI is InChI=1S/C21H35NO3/c1-8-10-24-19-16(5)12-18(13-17(19)6)22-20(23)21(7,14-15(3)4)25-11-9-2/h12-13,15H,8-11,14H2,1-7H3,(H,22,23)/t21-/m1/s1. The molecular weight excluding hydrogens is 314 g/mol. The summed E-state index contributed by atoms with van der Waals surface area (Å²) < 4.78 is 11.7. The predicted molar refractivity (Wildman–Crippen MR) is 104 cm³/mol. The van der Waals surface area contributed by atoms with Crippen LogP contribution in [-0.4, -0.2) is 24.7 Å². The first-order valence-electron chi connectivity index (χ1n) is 9.43. The quantitative estimate of drug-likeness (QED) is 0.626. The number of anilines is 1. The average Bonchev–Trinajstić information content (AvgIpc) is 2.51. The molecular formula is C21H35NO3. The zero-order valence-corrected chi connectivity index (χ0v) is 17.0. The van der Waals surface area contributed by atoms with E-state index < -0.39 is 5.60 Å². The molecule has 1 rings (SSSR count). The van der Waals surface area contributed by atoms with Crippen LogP contribution in [0.1, 0.15) is 65.0 Å². The summed E-state index contributed by atoms with van der Waals surface area (Å²) in [6, 6.07) is 3.93. The van der Waals surface area contributed by atoms with Crippen LogP contribution in [0.25, 0.3) is 0 Å². The molecule has 4 nitrogen and oxygen atoms in total. The van der Waals surface area contributed by atoms with E-state index in [4.69, 9.17) is 9.47 Å². The largest absolute Gasteiger partial charge is 0.493 e. The second kappa shape index (κ2) is 9.81. The molecule has 0 radical (unpaired) electrons. The third kappa shape index (κ3) is 6.35. The van der Waals surface area contributed by atoms with E-state index in [0.717, 1.165) is 35.4 Å². The normalized spacial score (nSPS) is 13.6. The number of aryl methyl sites for hydroxylation is 2. The van der Waals surface area contributed by atoms with Crippen LogP contribution in [0.15, 0.2) is 12.1 Å². The van der Waals surface area contributed by atoms with E-state index in [0.29, 0.717) is 25.6 Å². The van der Waals surface area contributed by atoms with Crippen molar-refractivity contribution in [3.63, 3.8) is 0 Å². The summed E-state index contributed by atoms with van der Waals surface area (Å²) in [5.74, 6) is 1.20. The van der Waals surface area contributed by atoms with E-state index in [1.54, 1.807) is 0 Å². The number of hydrogen-bond donors (Lipinski definition) is 1. The van der Waals surface area contributed by atoms with E-state index >= 15 is 0 Å². The van der Waals surface area contributed by atoms with Crippen molar-refractivity contribution in [2.75, 3.05) is 18.5 Å². The van der Waals surface area contributed by atoms with Crippen molar-refractivity contribution in [1.82, 2.24) is 0 Å². The molecule has 25 heavy (non-hydrogen) atoms. The number of ether oxygens (including phenoxy) is 2. The van der Waals surface area contributed by atoms with Gasteiger partial charge in [-0.1, -0.05) is 27.7 Å². The second-order valence-electron chi connectivity index (χ2n) is 7.42. The van der Waals surface area contributed by atoms with Gasteiger partial charge in [0.1, 0.15) is 11.4 Å². The van der Waals surface area contributed by atoms with Gasteiger partial charge in [0, 0.05) is 12.3 Å². The number of benzene rings is 1. The van der Waals surface area contributed by atoms with Gasteiger partial charge in [0.25, 0.3) is 5.91 Å². The van der Waals surface area contributed by atoms with Gasteiger partial charge in [0.2, 0.25) is 0 Å². The van der Waals surface area contributed by atoms with Crippen LogP contribution in [-0.2, 0) is 9.53 Å². The van der Waals surface area contributed by atoms with Gasteiger partial charge in [-0.2, -0.15) is 0 Å². The van der Waals surface area contributed by atoms with Gasteiger partial charge < -0.3 is 14.8 Å². The Morgan fingerprint density at radius 2 is 1.68 bits per heavy atom. The molecule has 0 fully saturated rings. The highest BCUT2D eigenvalue weighted by Gasteiger charge is 2.35. The van der Waals surface area contributed by atoms with E-state index in [-0.39, 0.29) is 5.91 Å². The minimum atomic E-state index is -0.816. The van der Waals surface area contributed by atoms with Crippen LogP contribution in [0.4, 0.5) is 5.69 Å². The average molecular weight is 350 g/mol. The third-order valence-electron chi connectivity index (χ3n) is 4.07. The van der Waals surface area contributed by atoms with Crippen molar-refractivity contribution in [2.24, 2.45) is 5.92 Å². The van der Waals surface area contributed by atoms with Crippen molar-refractivity contribution in [1.29, 1.82) is 0 Å². The lowest BCUT2D eigenvalue weighted by Crippen LogP contribution is -2.44. The van der Waals surface area contributed by atoms with Crippen molar-refractivity contribution in [3.05, 3.63) is 23.3 Å². The maximum absolute atomic E-state index is 12.9. The Bertz CT molecular complexity index is 545. The Morgan fingerprint density at radius 1 is 1.12 bits per heavy atom. The fraction of sp³-hybridized carbons (Fsp3) is 0.667. The highest BCUT2D eigenvalue weighted by molar-refractivity contribution is 5.97. The summed E-state index contributed by atoms with van der Waals surface area (Å²) in [5.41, 5.74) is 2.04. The third-order valence-corrected chi connectivity index (χ3v) is 4.07. The summed E-state index contributed by atoms with van der Waals surface area (Å²) in [6.45, 7) is 15.5. The summed E-state index contributed by atoms with van der Waals surface area (Å²) in [6.07, 6.45) is 2.55. The Morgan fingerprint density at radius 3 is 2.16 bits per heavy atom. The Balaban J connectivity index is 2.96. The van der Waals surface area contributed by atoms with Gasteiger partial charge >= 0.3 is 0 Å². The Labute approximate surface area is 153 Å². The predicted octanol–water partition coefficient (Wildman–Crippen LogP) is 5.26. The van der Waals surface area contributed by atoms with Gasteiger partial charge in [0.05, 0.1) is 6.61 Å². The molecule has 0 heterocycles. The zero-order valence-electron chi connectivity index (χ0n) is 17.0.